The number of benzene rings is 1. The third-order valence-electron chi connectivity index (χ3n) is 5.41. The average molecular weight is 514 g/mol. The fourth-order valence-electron chi connectivity index (χ4n) is 3.80. The molecule has 194 valence electrons. The summed E-state index contributed by atoms with van der Waals surface area (Å²) in [6.07, 6.45) is 1.53. The highest BCUT2D eigenvalue weighted by atomic mass is 32.2. The molecule has 1 aromatic rings. The van der Waals surface area contributed by atoms with Crippen LogP contribution in [0.1, 0.15) is 28.8 Å². The standard InChI is InChI=1S/C22H31N3O9S/c1-35(29,30)34-14-13-33-12-11-32-10-9-31-8-7-23-18-4-2-3-16-17(18)15-25(22(16)28)19-5-6-20(26)24-21(19)27/h2-4,19,23H,5-15H2,1H3,(H,24,26,27). The lowest BCUT2D eigenvalue weighted by Crippen LogP contribution is -2.52. The first kappa shape index (κ1) is 27.0. The maximum atomic E-state index is 12.8. The van der Waals surface area contributed by atoms with Gasteiger partial charge >= 0.3 is 0 Å². The number of hydrogen-bond donors (Lipinski definition) is 2. The van der Waals surface area contributed by atoms with Crippen molar-refractivity contribution in [3.63, 3.8) is 0 Å². The van der Waals surface area contributed by atoms with Gasteiger partial charge in [-0.2, -0.15) is 8.42 Å². The van der Waals surface area contributed by atoms with E-state index >= 15 is 0 Å². The van der Waals surface area contributed by atoms with Crippen LogP contribution in [0.4, 0.5) is 5.69 Å². The number of nitrogens with one attached hydrogen (secondary N) is 2. The van der Waals surface area contributed by atoms with Crippen molar-refractivity contribution in [1.82, 2.24) is 10.2 Å². The van der Waals surface area contributed by atoms with E-state index in [-0.39, 0.29) is 31.4 Å². The van der Waals surface area contributed by atoms with Crippen LogP contribution in [0.2, 0.25) is 0 Å². The smallest absolute Gasteiger partial charge is 0.264 e. The highest BCUT2D eigenvalue weighted by Crippen LogP contribution is 2.32. The van der Waals surface area contributed by atoms with Gasteiger partial charge in [0.25, 0.3) is 16.0 Å². The second kappa shape index (κ2) is 12.9. The van der Waals surface area contributed by atoms with Gasteiger partial charge in [0.15, 0.2) is 0 Å². The number of imide groups is 1. The molecule has 1 unspecified atom stereocenters. The van der Waals surface area contributed by atoms with E-state index in [0.717, 1.165) is 17.5 Å². The Hall–Kier alpha value is -2.58. The van der Waals surface area contributed by atoms with E-state index in [1.165, 1.54) is 4.90 Å². The number of anilines is 1. The first-order valence-electron chi connectivity index (χ1n) is 11.3. The number of amides is 3. The summed E-state index contributed by atoms with van der Waals surface area (Å²) in [4.78, 5) is 38.0. The van der Waals surface area contributed by atoms with Crippen molar-refractivity contribution in [3.05, 3.63) is 29.3 Å². The molecule has 2 aliphatic heterocycles. The Kier molecular flexibility index (Phi) is 9.98. The molecule has 0 saturated carbocycles. The Morgan fingerprint density at radius 1 is 1.00 bits per heavy atom. The van der Waals surface area contributed by atoms with Gasteiger partial charge in [0.2, 0.25) is 11.8 Å². The maximum absolute atomic E-state index is 12.8. The molecule has 2 aliphatic rings. The van der Waals surface area contributed by atoms with E-state index in [2.05, 4.69) is 14.8 Å². The highest BCUT2D eigenvalue weighted by Gasteiger charge is 2.39. The predicted octanol–water partition coefficient (Wildman–Crippen LogP) is -0.114. The molecule has 0 radical (unpaired) electrons. The van der Waals surface area contributed by atoms with Crippen molar-refractivity contribution in [2.75, 3.05) is 64.4 Å². The zero-order chi connectivity index (χ0) is 25.3. The molecule has 35 heavy (non-hydrogen) atoms. The number of rotatable bonds is 15. The van der Waals surface area contributed by atoms with Gasteiger partial charge in [-0.25, -0.2) is 0 Å². The molecule has 13 heteroatoms. The Morgan fingerprint density at radius 3 is 2.31 bits per heavy atom. The van der Waals surface area contributed by atoms with Gasteiger partial charge in [0, 0.05) is 36.3 Å². The topological polar surface area (TPSA) is 150 Å². The summed E-state index contributed by atoms with van der Waals surface area (Å²) in [6, 6.07) is 4.77. The maximum Gasteiger partial charge on any atom is 0.264 e. The van der Waals surface area contributed by atoms with Crippen LogP contribution < -0.4 is 10.6 Å². The van der Waals surface area contributed by atoms with Gasteiger partial charge in [-0.15, -0.1) is 0 Å². The molecule has 1 atom stereocenters. The van der Waals surface area contributed by atoms with Crippen LogP contribution in [0.15, 0.2) is 18.2 Å². The molecule has 3 rings (SSSR count). The fraction of sp³-hybridized carbons (Fsp3) is 0.591. The number of fused-ring (bicyclic) bond motifs is 1. The van der Waals surface area contributed by atoms with Gasteiger partial charge in [-0.1, -0.05) is 6.07 Å². The fourth-order valence-corrected chi connectivity index (χ4v) is 4.17. The summed E-state index contributed by atoms with van der Waals surface area (Å²) in [6.45, 7) is 2.86. The van der Waals surface area contributed by atoms with Crippen LogP contribution in [0.25, 0.3) is 0 Å². The van der Waals surface area contributed by atoms with Crippen molar-refractivity contribution in [3.8, 4) is 0 Å². The zero-order valence-corrected chi connectivity index (χ0v) is 20.4. The minimum Gasteiger partial charge on any atom is -0.382 e. The third-order valence-corrected chi connectivity index (χ3v) is 6.01. The lowest BCUT2D eigenvalue weighted by molar-refractivity contribution is -0.136. The number of hydrogen-bond acceptors (Lipinski definition) is 10. The number of carbonyl (C=O) groups excluding carboxylic acids is 3. The van der Waals surface area contributed by atoms with Gasteiger partial charge in [-0.3, -0.25) is 23.9 Å². The Morgan fingerprint density at radius 2 is 1.66 bits per heavy atom. The Bertz CT molecular complexity index is 1020. The normalized spacial score (nSPS) is 18.0. The van der Waals surface area contributed by atoms with Crippen LogP contribution >= 0.6 is 0 Å². The van der Waals surface area contributed by atoms with E-state index in [1.54, 1.807) is 12.1 Å². The first-order chi connectivity index (χ1) is 16.8. The van der Waals surface area contributed by atoms with Gasteiger partial charge in [-0.05, 0) is 18.6 Å². The van der Waals surface area contributed by atoms with E-state index < -0.39 is 22.1 Å². The zero-order valence-electron chi connectivity index (χ0n) is 19.6. The van der Waals surface area contributed by atoms with Crippen molar-refractivity contribution in [2.24, 2.45) is 0 Å². The Balaban J connectivity index is 1.30. The highest BCUT2D eigenvalue weighted by molar-refractivity contribution is 7.85. The minimum absolute atomic E-state index is 0.0251. The van der Waals surface area contributed by atoms with Crippen LogP contribution in [0.5, 0.6) is 0 Å². The molecule has 2 N–H and O–H groups in total. The van der Waals surface area contributed by atoms with Crippen LogP contribution in [0, 0.1) is 0 Å². The van der Waals surface area contributed by atoms with Gasteiger partial charge in [0.1, 0.15) is 6.04 Å². The summed E-state index contributed by atoms with van der Waals surface area (Å²) in [7, 11) is -3.45. The summed E-state index contributed by atoms with van der Waals surface area (Å²) in [5.74, 6) is -0.952. The lowest BCUT2D eigenvalue weighted by Gasteiger charge is -2.29. The van der Waals surface area contributed by atoms with E-state index in [9.17, 15) is 22.8 Å². The molecule has 1 saturated heterocycles. The second-order valence-corrected chi connectivity index (χ2v) is 9.67. The largest absolute Gasteiger partial charge is 0.382 e. The summed E-state index contributed by atoms with van der Waals surface area (Å²) in [5.41, 5.74) is 2.19. The SMILES string of the molecule is CS(=O)(=O)OCCOCCOCCOCCNc1cccc2c1CN(C1CCC(=O)NC1=O)C2=O. The van der Waals surface area contributed by atoms with E-state index in [4.69, 9.17) is 14.2 Å². The van der Waals surface area contributed by atoms with Gasteiger partial charge < -0.3 is 24.4 Å². The van der Waals surface area contributed by atoms with E-state index in [0.29, 0.717) is 58.1 Å². The predicted molar refractivity (Wildman–Crippen MR) is 124 cm³/mol. The number of nitrogens with zero attached hydrogens (tertiary/aromatic N) is 1. The van der Waals surface area contributed by atoms with Crippen LogP contribution in [-0.2, 0) is 44.6 Å². The summed E-state index contributed by atoms with van der Waals surface area (Å²) in [5, 5.41) is 5.58. The quantitative estimate of drug-likeness (QED) is 0.185. The van der Waals surface area contributed by atoms with Crippen molar-refractivity contribution < 1.29 is 41.2 Å². The third kappa shape index (κ3) is 8.25. The first-order valence-corrected chi connectivity index (χ1v) is 13.2. The monoisotopic (exact) mass is 513 g/mol. The van der Waals surface area contributed by atoms with E-state index in [1.807, 2.05) is 6.07 Å². The molecule has 0 bridgehead atoms. The molecule has 0 aliphatic carbocycles. The lowest BCUT2D eigenvalue weighted by atomic mass is 10.0. The number of carbonyl (C=O) groups is 3. The van der Waals surface area contributed by atoms with Gasteiger partial charge in [0.05, 0.1) is 52.5 Å². The second-order valence-electron chi connectivity index (χ2n) is 8.02. The van der Waals surface area contributed by atoms with Crippen molar-refractivity contribution >= 4 is 33.5 Å². The molecular weight excluding hydrogens is 482 g/mol. The molecule has 1 aromatic carbocycles. The summed E-state index contributed by atoms with van der Waals surface area (Å²) >= 11 is 0. The molecule has 1 fully saturated rings. The average Bonchev–Trinajstić information content (AvgIpc) is 3.13. The summed E-state index contributed by atoms with van der Waals surface area (Å²) < 4.78 is 42.2. The molecule has 12 nitrogen and oxygen atoms in total. The molecule has 0 aromatic heterocycles. The number of ether oxygens (including phenoxy) is 3. The Labute approximate surface area is 204 Å². The minimum atomic E-state index is -3.45. The molecule has 3 amide bonds. The van der Waals surface area contributed by atoms with Crippen molar-refractivity contribution in [1.29, 1.82) is 0 Å². The molecule has 0 spiro atoms. The molecule has 2 heterocycles. The van der Waals surface area contributed by atoms with Crippen molar-refractivity contribution in [2.45, 2.75) is 25.4 Å². The number of piperidine rings is 1. The van der Waals surface area contributed by atoms with Crippen LogP contribution in [0.3, 0.4) is 0 Å². The molecular formula is C22H31N3O9S. The van der Waals surface area contributed by atoms with Crippen LogP contribution in [-0.4, -0.2) is 96.1 Å².